The van der Waals surface area contributed by atoms with Crippen molar-refractivity contribution in [1.82, 2.24) is 9.97 Å². The van der Waals surface area contributed by atoms with Gasteiger partial charge in [-0.15, -0.1) is 0 Å². The molecule has 2 rings (SSSR count). The number of hydrogen-bond donors (Lipinski definition) is 0. The number of nitrogens with zero attached hydrogens (tertiary/aromatic N) is 2. The Kier molecular flexibility index (Phi) is 3.51. The van der Waals surface area contributed by atoms with Crippen molar-refractivity contribution in [1.29, 1.82) is 0 Å². The van der Waals surface area contributed by atoms with Crippen molar-refractivity contribution in [3.8, 4) is 11.3 Å². The number of halogens is 3. The van der Waals surface area contributed by atoms with Crippen LogP contribution in [0, 0.1) is 0 Å². The minimum absolute atomic E-state index is 0.0763. The second kappa shape index (κ2) is 4.86. The van der Waals surface area contributed by atoms with Gasteiger partial charge in [-0.2, -0.15) is 13.2 Å². The number of alkyl halides is 3. The van der Waals surface area contributed by atoms with Crippen molar-refractivity contribution in [2.24, 2.45) is 0 Å². The molecule has 0 spiro atoms. The Morgan fingerprint density at radius 1 is 1.05 bits per heavy atom. The minimum atomic E-state index is -4.55. The molecule has 1 aromatic carbocycles. The molecule has 1 aromatic heterocycles. The van der Waals surface area contributed by atoms with Gasteiger partial charge in [0.2, 0.25) is 0 Å². The van der Waals surface area contributed by atoms with Crippen LogP contribution in [0.1, 0.15) is 5.69 Å². The number of hydrogen-bond acceptors (Lipinski definition) is 4. The molecule has 2 aromatic rings. The molecule has 0 atom stereocenters. The van der Waals surface area contributed by atoms with E-state index >= 15 is 0 Å². The van der Waals surface area contributed by atoms with Crippen LogP contribution in [0.5, 0.6) is 0 Å². The zero-order valence-corrected chi connectivity index (χ0v) is 11.0. The van der Waals surface area contributed by atoms with E-state index in [1.54, 1.807) is 0 Å². The van der Waals surface area contributed by atoms with Gasteiger partial charge in [-0.05, 0) is 18.2 Å². The average molecular weight is 302 g/mol. The van der Waals surface area contributed by atoms with Crippen LogP contribution < -0.4 is 0 Å². The first-order valence-electron chi connectivity index (χ1n) is 5.37. The standard InChI is InChI=1S/C12H9F3N2O2S/c1-20(18,19)9-4-2-8(3-5-9)10-6-11(12(13,14)15)17-7-16-10/h2-7H,1H3. The van der Waals surface area contributed by atoms with Crippen LogP contribution in [0.4, 0.5) is 13.2 Å². The summed E-state index contributed by atoms with van der Waals surface area (Å²) in [6.45, 7) is 0. The van der Waals surface area contributed by atoms with Gasteiger partial charge in [0.25, 0.3) is 0 Å². The highest BCUT2D eigenvalue weighted by Crippen LogP contribution is 2.29. The Labute approximate surface area is 113 Å². The maximum absolute atomic E-state index is 12.5. The lowest BCUT2D eigenvalue weighted by Crippen LogP contribution is -2.08. The molecule has 0 saturated carbocycles. The summed E-state index contributed by atoms with van der Waals surface area (Å²) < 4.78 is 60.2. The summed E-state index contributed by atoms with van der Waals surface area (Å²) in [7, 11) is -3.35. The van der Waals surface area contributed by atoms with Crippen molar-refractivity contribution >= 4 is 9.84 Å². The van der Waals surface area contributed by atoms with E-state index in [0.29, 0.717) is 5.56 Å². The molecule has 106 valence electrons. The van der Waals surface area contributed by atoms with Gasteiger partial charge in [0.05, 0.1) is 10.6 Å². The summed E-state index contributed by atoms with van der Waals surface area (Å²) in [6.07, 6.45) is -2.68. The molecule has 0 aliphatic heterocycles. The van der Waals surface area contributed by atoms with E-state index in [2.05, 4.69) is 9.97 Å². The Morgan fingerprint density at radius 3 is 2.15 bits per heavy atom. The molecule has 1 heterocycles. The normalized spacial score (nSPS) is 12.4. The molecule has 0 fully saturated rings. The quantitative estimate of drug-likeness (QED) is 0.855. The molecule has 8 heteroatoms. The maximum atomic E-state index is 12.5. The second-order valence-corrected chi connectivity index (χ2v) is 6.10. The Morgan fingerprint density at radius 2 is 1.65 bits per heavy atom. The summed E-state index contributed by atoms with van der Waals surface area (Å²) in [5, 5.41) is 0. The van der Waals surface area contributed by atoms with Gasteiger partial charge in [0, 0.05) is 11.8 Å². The van der Waals surface area contributed by atoms with Gasteiger partial charge in [0.1, 0.15) is 12.0 Å². The van der Waals surface area contributed by atoms with Crippen LogP contribution in [0.25, 0.3) is 11.3 Å². The van der Waals surface area contributed by atoms with Gasteiger partial charge in [-0.25, -0.2) is 18.4 Å². The van der Waals surface area contributed by atoms with Crippen molar-refractivity contribution < 1.29 is 21.6 Å². The molecule has 0 bridgehead atoms. The third-order valence-electron chi connectivity index (χ3n) is 2.54. The van der Waals surface area contributed by atoms with E-state index in [9.17, 15) is 21.6 Å². The van der Waals surface area contributed by atoms with E-state index in [0.717, 1.165) is 18.6 Å². The van der Waals surface area contributed by atoms with E-state index in [4.69, 9.17) is 0 Å². The van der Waals surface area contributed by atoms with Crippen LogP contribution in [0.2, 0.25) is 0 Å². The van der Waals surface area contributed by atoms with E-state index in [-0.39, 0.29) is 10.6 Å². The third-order valence-corrected chi connectivity index (χ3v) is 3.66. The van der Waals surface area contributed by atoms with E-state index < -0.39 is 21.7 Å². The van der Waals surface area contributed by atoms with Crippen molar-refractivity contribution in [2.45, 2.75) is 11.1 Å². The van der Waals surface area contributed by atoms with Crippen LogP contribution >= 0.6 is 0 Å². The first-order valence-corrected chi connectivity index (χ1v) is 7.27. The van der Waals surface area contributed by atoms with Crippen molar-refractivity contribution in [3.05, 3.63) is 42.4 Å². The summed E-state index contributed by atoms with van der Waals surface area (Å²) in [5.41, 5.74) is -0.590. The SMILES string of the molecule is CS(=O)(=O)c1ccc(-c2cc(C(F)(F)F)ncn2)cc1. The molecule has 0 amide bonds. The molecule has 0 N–H and O–H groups in total. The van der Waals surface area contributed by atoms with Gasteiger partial charge < -0.3 is 0 Å². The van der Waals surface area contributed by atoms with Gasteiger partial charge in [-0.1, -0.05) is 12.1 Å². The molecule has 20 heavy (non-hydrogen) atoms. The maximum Gasteiger partial charge on any atom is 0.433 e. The van der Waals surface area contributed by atoms with Crippen molar-refractivity contribution in [2.75, 3.05) is 6.26 Å². The predicted octanol–water partition coefficient (Wildman–Crippen LogP) is 2.57. The van der Waals surface area contributed by atoms with E-state index in [1.165, 1.54) is 24.3 Å². The predicted molar refractivity (Wildman–Crippen MR) is 65.6 cm³/mol. The molecule has 0 aliphatic rings. The van der Waals surface area contributed by atoms with Crippen LogP contribution in [-0.4, -0.2) is 24.6 Å². The first kappa shape index (κ1) is 14.4. The lowest BCUT2D eigenvalue weighted by atomic mass is 10.1. The highest BCUT2D eigenvalue weighted by Gasteiger charge is 2.32. The number of benzene rings is 1. The summed E-state index contributed by atoms with van der Waals surface area (Å²) in [5.74, 6) is 0. The zero-order valence-electron chi connectivity index (χ0n) is 10.2. The number of sulfone groups is 1. The molecular formula is C12H9F3N2O2S. The Bertz CT molecular complexity index is 725. The summed E-state index contributed by atoms with van der Waals surface area (Å²) >= 11 is 0. The number of rotatable bonds is 2. The fraction of sp³-hybridized carbons (Fsp3) is 0.167. The fourth-order valence-corrected chi connectivity index (χ4v) is 2.17. The fourth-order valence-electron chi connectivity index (χ4n) is 1.54. The third kappa shape index (κ3) is 3.13. The Balaban J connectivity index is 2.43. The molecule has 0 aliphatic carbocycles. The number of aromatic nitrogens is 2. The molecule has 0 radical (unpaired) electrons. The summed E-state index contributed by atoms with van der Waals surface area (Å²) in [4.78, 5) is 7.00. The van der Waals surface area contributed by atoms with Gasteiger partial charge >= 0.3 is 6.18 Å². The lowest BCUT2D eigenvalue weighted by Gasteiger charge is -2.07. The second-order valence-electron chi connectivity index (χ2n) is 4.08. The first-order chi connectivity index (χ1) is 9.18. The summed E-state index contributed by atoms with van der Waals surface area (Å²) in [6, 6.07) is 6.26. The van der Waals surface area contributed by atoms with Gasteiger partial charge in [-0.3, -0.25) is 0 Å². The lowest BCUT2D eigenvalue weighted by molar-refractivity contribution is -0.141. The largest absolute Gasteiger partial charge is 0.433 e. The minimum Gasteiger partial charge on any atom is -0.236 e. The highest BCUT2D eigenvalue weighted by atomic mass is 32.2. The topological polar surface area (TPSA) is 59.9 Å². The van der Waals surface area contributed by atoms with Crippen LogP contribution in [0.15, 0.2) is 41.6 Å². The smallest absolute Gasteiger partial charge is 0.236 e. The van der Waals surface area contributed by atoms with Gasteiger partial charge in [0.15, 0.2) is 9.84 Å². The monoisotopic (exact) mass is 302 g/mol. The molecule has 0 unspecified atom stereocenters. The highest BCUT2D eigenvalue weighted by molar-refractivity contribution is 7.90. The van der Waals surface area contributed by atoms with Crippen LogP contribution in [0.3, 0.4) is 0 Å². The molecule has 4 nitrogen and oxygen atoms in total. The average Bonchev–Trinajstić information content (AvgIpc) is 2.37. The zero-order chi connectivity index (χ0) is 15.0. The van der Waals surface area contributed by atoms with Crippen molar-refractivity contribution in [3.63, 3.8) is 0 Å². The molecular weight excluding hydrogens is 293 g/mol. The van der Waals surface area contributed by atoms with E-state index in [1.807, 2.05) is 0 Å². The molecule has 0 saturated heterocycles. The Hall–Kier alpha value is -1.96. The van der Waals surface area contributed by atoms with Crippen LogP contribution in [-0.2, 0) is 16.0 Å².